The molecule has 0 amide bonds. The fourth-order valence-electron chi connectivity index (χ4n) is 1.56. The topological polar surface area (TPSA) is 54.3 Å². The Morgan fingerprint density at radius 1 is 1.37 bits per heavy atom. The summed E-state index contributed by atoms with van der Waals surface area (Å²) in [5.74, 6) is 1.31. The van der Waals surface area contributed by atoms with Crippen molar-refractivity contribution in [1.82, 2.24) is 5.32 Å². The molecule has 1 aromatic carbocycles. The minimum Gasteiger partial charge on any atom is -0.479 e. The van der Waals surface area contributed by atoms with Crippen LogP contribution in [0.4, 0.5) is 0 Å². The van der Waals surface area contributed by atoms with Gasteiger partial charge in [0.15, 0.2) is 6.61 Å². The molecule has 0 unspecified atom stereocenters. The number of nitrogens with zero attached hydrogens (tertiary/aromatic N) is 1. The molecule has 0 fully saturated rings. The van der Waals surface area contributed by atoms with Crippen LogP contribution in [0.2, 0.25) is 0 Å². The summed E-state index contributed by atoms with van der Waals surface area (Å²) in [6.07, 6.45) is 0. The minimum absolute atomic E-state index is 0.0833. The summed E-state index contributed by atoms with van der Waals surface area (Å²) in [5, 5.41) is 11.8. The van der Waals surface area contributed by atoms with Crippen LogP contribution in [0.3, 0.4) is 0 Å². The normalized spacial score (nSPS) is 10.4. The van der Waals surface area contributed by atoms with E-state index in [1.165, 1.54) is 0 Å². The molecule has 1 rings (SSSR count). The van der Waals surface area contributed by atoms with E-state index in [4.69, 9.17) is 14.7 Å². The van der Waals surface area contributed by atoms with Crippen LogP contribution in [-0.2, 0) is 11.3 Å². The van der Waals surface area contributed by atoms with E-state index in [0.717, 1.165) is 37.6 Å². The van der Waals surface area contributed by atoms with Crippen molar-refractivity contribution in [2.24, 2.45) is 5.92 Å². The van der Waals surface area contributed by atoms with Crippen LogP contribution < -0.4 is 10.1 Å². The molecule has 0 aliphatic carbocycles. The predicted molar refractivity (Wildman–Crippen MR) is 74.9 cm³/mol. The molecule has 0 bridgehead atoms. The molecule has 104 valence electrons. The summed E-state index contributed by atoms with van der Waals surface area (Å²) in [4.78, 5) is 0. The highest BCUT2D eigenvalue weighted by Gasteiger charge is 1.97. The number of rotatable bonds is 9. The molecular weight excluding hydrogens is 240 g/mol. The second-order valence-corrected chi connectivity index (χ2v) is 4.74. The molecule has 1 N–H and O–H groups in total. The molecule has 0 saturated heterocycles. The van der Waals surface area contributed by atoms with Crippen molar-refractivity contribution in [3.8, 4) is 11.8 Å². The maximum Gasteiger partial charge on any atom is 0.174 e. The first-order chi connectivity index (χ1) is 9.22. The Hall–Kier alpha value is -1.57. The summed E-state index contributed by atoms with van der Waals surface area (Å²) < 4.78 is 10.7. The van der Waals surface area contributed by atoms with E-state index in [1.807, 2.05) is 30.3 Å². The third-order valence-corrected chi connectivity index (χ3v) is 2.41. The van der Waals surface area contributed by atoms with Crippen LogP contribution in [0, 0.1) is 17.2 Å². The average Bonchev–Trinajstić information content (AvgIpc) is 2.40. The van der Waals surface area contributed by atoms with Crippen molar-refractivity contribution in [2.75, 3.05) is 26.4 Å². The largest absolute Gasteiger partial charge is 0.479 e. The first-order valence-electron chi connectivity index (χ1n) is 6.59. The maximum absolute atomic E-state index is 8.46. The Morgan fingerprint density at radius 2 is 2.21 bits per heavy atom. The summed E-state index contributed by atoms with van der Waals surface area (Å²) >= 11 is 0. The van der Waals surface area contributed by atoms with Crippen molar-refractivity contribution in [3.05, 3.63) is 29.8 Å². The van der Waals surface area contributed by atoms with Gasteiger partial charge in [0, 0.05) is 19.7 Å². The zero-order valence-electron chi connectivity index (χ0n) is 11.7. The highest BCUT2D eigenvalue weighted by Crippen LogP contribution is 2.12. The number of nitrogens with one attached hydrogen (secondary N) is 1. The minimum atomic E-state index is 0.0833. The Bertz CT molecular complexity index is 399. The number of hydrogen-bond donors (Lipinski definition) is 1. The molecule has 4 nitrogen and oxygen atoms in total. The standard InChI is InChI=1S/C15H22N2O2/c1-13(2)12-18-9-7-17-11-14-4-3-5-15(10-14)19-8-6-16/h3-5,10,13,17H,7-9,11-12H2,1-2H3. The van der Waals surface area contributed by atoms with Crippen molar-refractivity contribution in [3.63, 3.8) is 0 Å². The lowest BCUT2D eigenvalue weighted by Crippen LogP contribution is -2.20. The van der Waals surface area contributed by atoms with Crippen LogP contribution in [0.15, 0.2) is 24.3 Å². The van der Waals surface area contributed by atoms with E-state index in [0.29, 0.717) is 5.92 Å². The zero-order valence-corrected chi connectivity index (χ0v) is 11.7. The van der Waals surface area contributed by atoms with E-state index >= 15 is 0 Å². The Labute approximate surface area is 115 Å². The van der Waals surface area contributed by atoms with E-state index in [9.17, 15) is 0 Å². The molecule has 0 atom stereocenters. The van der Waals surface area contributed by atoms with Crippen molar-refractivity contribution >= 4 is 0 Å². The van der Waals surface area contributed by atoms with E-state index in [1.54, 1.807) is 0 Å². The van der Waals surface area contributed by atoms with Crippen LogP contribution in [0.5, 0.6) is 5.75 Å². The maximum atomic E-state index is 8.46. The van der Waals surface area contributed by atoms with E-state index in [-0.39, 0.29) is 6.61 Å². The van der Waals surface area contributed by atoms with Crippen LogP contribution >= 0.6 is 0 Å². The van der Waals surface area contributed by atoms with Gasteiger partial charge >= 0.3 is 0 Å². The van der Waals surface area contributed by atoms with Gasteiger partial charge in [0.1, 0.15) is 11.8 Å². The summed E-state index contributed by atoms with van der Waals surface area (Å²) in [6, 6.07) is 9.71. The molecule has 0 spiro atoms. The van der Waals surface area contributed by atoms with Gasteiger partial charge in [-0.3, -0.25) is 0 Å². The molecule has 0 saturated carbocycles. The molecular formula is C15H22N2O2. The van der Waals surface area contributed by atoms with Gasteiger partial charge < -0.3 is 14.8 Å². The molecule has 1 aromatic rings. The van der Waals surface area contributed by atoms with Gasteiger partial charge in [-0.25, -0.2) is 0 Å². The Kier molecular flexibility index (Phi) is 7.64. The zero-order chi connectivity index (χ0) is 13.9. The first kappa shape index (κ1) is 15.5. The van der Waals surface area contributed by atoms with Crippen molar-refractivity contribution < 1.29 is 9.47 Å². The van der Waals surface area contributed by atoms with E-state index in [2.05, 4.69) is 19.2 Å². The number of hydrogen-bond acceptors (Lipinski definition) is 4. The lowest BCUT2D eigenvalue weighted by atomic mass is 10.2. The van der Waals surface area contributed by atoms with Gasteiger partial charge in [-0.2, -0.15) is 5.26 Å². The molecule has 0 radical (unpaired) electrons. The third-order valence-electron chi connectivity index (χ3n) is 2.41. The SMILES string of the molecule is CC(C)COCCNCc1cccc(OCC#N)c1. The predicted octanol–water partition coefficient (Wildman–Crippen LogP) is 2.35. The van der Waals surface area contributed by atoms with Crippen LogP contribution in [-0.4, -0.2) is 26.4 Å². The van der Waals surface area contributed by atoms with E-state index < -0.39 is 0 Å². The molecule has 0 heterocycles. The van der Waals surface area contributed by atoms with Crippen LogP contribution in [0.1, 0.15) is 19.4 Å². The van der Waals surface area contributed by atoms with Gasteiger partial charge in [0.05, 0.1) is 6.61 Å². The summed E-state index contributed by atoms with van der Waals surface area (Å²) in [7, 11) is 0. The average molecular weight is 262 g/mol. The molecule has 0 aliphatic heterocycles. The van der Waals surface area contributed by atoms with Gasteiger partial charge in [-0.05, 0) is 23.6 Å². The number of nitriles is 1. The second-order valence-electron chi connectivity index (χ2n) is 4.74. The van der Waals surface area contributed by atoms with Crippen molar-refractivity contribution in [2.45, 2.75) is 20.4 Å². The molecule has 0 aromatic heterocycles. The molecule has 0 aliphatic rings. The monoisotopic (exact) mass is 262 g/mol. The first-order valence-corrected chi connectivity index (χ1v) is 6.59. The van der Waals surface area contributed by atoms with Crippen LogP contribution in [0.25, 0.3) is 0 Å². The fraction of sp³-hybridized carbons (Fsp3) is 0.533. The second kappa shape index (κ2) is 9.37. The Morgan fingerprint density at radius 3 is 2.95 bits per heavy atom. The fourth-order valence-corrected chi connectivity index (χ4v) is 1.56. The van der Waals surface area contributed by atoms with Gasteiger partial charge in [0.2, 0.25) is 0 Å². The number of ether oxygens (including phenoxy) is 2. The highest BCUT2D eigenvalue weighted by molar-refractivity contribution is 5.28. The lowest BCUT2D eigenvalue weighted by molar-refractivity contribution is 0.111. The quantitative estimate of drug-likeness (QED) is 0.694. The smallest absolute Gasteiger partial charge is 0.174 e. The third kappa shape index (κ3) is 7.45. The van der Waals surface area contributed by atoms with Crippen molar-refractivity contribution in [1.29, 1.82) is 5.26 Å². The summed E-state index contributed by atoms with van der Waals surface area (Å²) in [5.41, 5.74) is 1.14. The highest BCUT2D eigenvalue weighted by atomic mass is 16.5. The van der Waals surface area contributed by atoms with Gasteiger partial charge in [-0.15, -0.1) is 0 Å². The lowest BCUT2D eigenvalue weighted by Gasteiger charge is -2.09. The van der Waals surface area contributed by atoms with Gasteiger partial charge in [-0.1, -0.05) is 26.0 Å². The Balaban J connectivity index is 2.20. The molecule has 4 heteroatoms. The summed E-state index contributed by atoms with van der Waals surface area (Å²) in [6.45, 7) is 7.49. The van der Waals surface area contributed by atoms with Gasteiger partial charge in [0.25, 0.3) is 0 Å². The molecule has 19 heavy (non-hydrogen) atoms. The number of benzene rings is 1.